The van der Waals surface area contributed by atoms with Gasteiger partial charge in [-0.3, -0.25) is 0 Å². The van der Waals surface area contributed by atoms with Crippen LogP contribution in [0.5, 0.6) is 0 Å². The fourth-order valence-corrected chi connectivity index (χ4v) is 3.37. The second-order valence-corrected chi connectivity index (χ2v) is 6.10. The van der Waals surface area contributed by atoms with E-state index in [9.17, 15) is 0 Å². The molecular weight excluding hydrogens is 230 g/mol. The lowest BCUT2D eigenvalue weighted by Crippen LogP contribution is -2.26. The highest BCUT2D eigenvalue weighted by molar-refractivity contribution is 5.28. The quantitative estimate of drug-likeness (QED) is 0.757. The maximum atomic E-state index is 3.77. The van der Waals surface area contributed by atoms with Gasteiger partial charge in [0.25, 0.3) is 0 Å². The molecule has 2 rings (SSSR count). The molecular formula is C18H29N. The summed E-state index contributed by atoms with van der Waals surface area (Å²) in [5.41, 5.74) is 2.95. The van der Waals surface area contributed by atoms with E-state index in [0.29, 0.717) is 6.04 Å². The van der Waals surface area contributed by atoms with Gasteiger partial charge in [-0.05, 0) is 43.4 Å². The lowest BCUT2D eigenvalue weighted by molar-refractivity contribution is 0.299. The molecule has 1 N–H and O–H groups in total. The summed E-state index contributed by atoms with van der Waals surface area (Å²) in [6, 6.07) is 9.45. The fourth-order valence-electron chi connectivity index (χ4n) is 3.37. The van der Waals surface area contributed by atoms with Gasteiger partial charge in [0, 0.05) is 6.04 Å². The molecule has 0 aliphatic heterocycles. The van der Waals surface area contributed by atoms with E-state index in [-0.39, 0.29) is 0 Å². The first-order valence-corrected chi connectivity index (χ1v) is 8.10. The van der Waals surface area contributed by atoms with E-state index in [4.69, 9.17) is 0 Å². The van der Waals surface area contributed by atoms with Crippen molar-refractivity contribution in [3.8, 4) is 0 Å². The summed E-state index contributed by atoms with van der Waals surface area (Å²) in [5.74, 6) is 0.933. The van der Waals surface area contributed by atoms with Crippen LogP contribution in [-0.2, 0) is 0 Å². The Balaban J connectivity index is 2.04. The zero-order chi connectivity index (χ0) is 13.5. The lowest BCUT2D eigenvalue weighted by Gasteiger charge is -2.28. The van der Waals surface area contributed by atoms with Crippen molar-refractivity contribution in [1.29, 1.82) is 0 Å². The minimum atomic E-state index is 0.559. The first kappa shape index (κ1) is 14.6. The molecule has 106 valence electrons. The molecule has 1 unspecified atom stereocenters. The molecule has 1 aliphatic rings. The molecule has 0 saturated heterocycles. The Morgan fingerprint density at radius 3 is 2.58 bits per heavy atom. The van der Waals surface area contributed by atoms with Gasteiger partial charge in [-0.1, -0.05) is 63.3 Å². The third-order valence-electron chi connectivity index (χ3n) is 4.50. The molecule has 1 heteroatoms. The summed E-state index contributed by atoms with van der Waals surface area (Å²) in [6.07, 6.45) is 9.76. The smallest absolute Gasteiger partial charge is 0.0325 e. The molecule has 19 heavy (non-hydrogen) atoms. The van der Waals surface area contributed by atoms with Crippen molar-refractivity contribution in [2.75, 3.05) is 6.54 Å². The molecule has 0 radical (unpaired) electrons. The average molecular weight is 259 g/mol. The Hall–Kier alpha value is -0.820. The third kappa shape index (κ3) is 4.35. The van der Waals surface area contributed by atoms with Crippen LogP contribution in [0, 0.1) is 12.8 Å². The van der Waals surface area contributed by atoms with Gasteiger partial charge < -0.3 is 5.32 Å². The summed E-state index contributed by atoms with van der Waals surface area (Å²) in [7, 11) is 0. The lowest BCUT2D eigenvalue weighted by atomic mass is 9.82. The first-order valence-electron chi connectivity index (χ1n) is 8.10. The third-order valence-corrected chi connectivity index (χ3v) is 4.50. The maximum absolute atomic E-state index is 3.77. The van der Waals surface area contributed by atoms with Crippen molar-refractivity contribution in [3.05, 3.63) is 35.4 Å². The molecule has 1 fully saturated rings. The van der Waals surface area contributed by atoms with Crippen LogP contribution in [0.3, 0.4) is 0 Å². The van der Waals surface area contributed by atoms with Crippen LogP contribution in [0.25, 0.3) is 0 Å². The van der Waals surface area contributed by atoms with Crippen molar-refractivity contribution in [2.24, 2.45) is 5.92 Å². The summed E-state index contributed by atoms with van der Waals surface area (Å²) in [6.45, 7) is 5.63. The predicted molar refractivity (Wildman–Crippen MR) is 83.4 cm³/mol. The van der Waals surface area contributed by atoms with Crippen molar-refractivity contribution in [2.45, 2.75) is 64.8 Å². The highest BCUT2D eigenvalue weighted by atomic mass is 14.9. The molecule has 0 amide bonds. The number of rotatable bonds is 6. The highest BCUT2D eigenvalue weighted by Crippen LogP contribution is 2.32. The highest BCUT2D eigenvalue weighted by Gasteiger charge is 2.20. The first-order chi connectivity index (χ1) is 9.31. The number of nitrogens with one attached hydrogen (secondary N) is 1. The molecule has 0 aromatic heterocycles. The van der Waals surface area contributed by atoms with Gasteiger partial charge >= 0.3 is 0 Å². The number of hydrogen-bond acceptors (Lipinski definition) is 1. The van der Waals surface area contributed by atoms with E-state index < -0.39 is 0 Å². The van der Waals surface area contributed by atoms with Gasteiger partial charge in [-0.25, -0.2) is 0 Å². The summed E-state index contributed by atoms with van der Waals surface area (Å²) < 4.78 is 0. The zero-order valence-corrected chi connectivity index (χ0v) is 12.6. The van der Waals surface area contributed by atoms with Crippen LogP contribution >= 0.6 is 0 Å². The second kappa shape index (κ2) is 7.69. The van der Waals surface area contributed by atoms with Gasteiger partial charge in [-0.15, -0.1) is 0 Å². The van der Waals surface area contributed by atoms with Crippen molar-refractivity contribution >= 4 is 0 Å². The Morgan fingerprint density at radius 1 is 1.16 bits per heavy atom. The minimum Gasteiger partial charge on any atom is -0.310 e. The van der Waals surface area contributed by atoms with Crippen LogP contribution in [0.1, 0.15) is 69.0 Å². The van der Waals surface area contributed by atoms with E-state index >= 15 is 0 Å². The van der Waals surface area contributed by atoms with Crippen LogP contribution in [-0.4, -0.2) is 6.54 Å². The van der Waals surface area contributed by atoms with Crippen LogP contribution < -0.4 is 5.32 Å². The topological polar surface area (TPSA) is 12.0 Å². The predicted octanol–water partition coefficient (Wildman–Crippen LogP) is 5.01. The monoisotopic (exact) mass is 259 g/mol. The normalized spacial score (nSPS) is 18.4. The van der Waals surface area contributed by atoms with Gasteiger partial charge in [0.15, 0.2) is 0 Å². The Bertz CT molecular complexity index is 366. The minimum absolute atomic E-state index is 0.559. The Kier molecular flexibility index (Phi) is 5.91. The van der Waals surface area contributed by atoms with Crippen molar-refractivity contribution < 1.29 is 0 Å². The fraction of sp³-hybridized carbons (Fsp3) is 0.667. The Morgan fingerprint density at radius 2 is 1.89 bits per heavy atom. The Labute approximate surface area is 118 Å². The molecule has 1 aliphatic carbocycles. The van der Waals surface area contributed by atoms with Gasteiger partial charge in [0.05, 0.1) is 0 Å². The second-order valence-electron chi connectivity index (χ2n) is 6.10. The zero-order valence-electron chi connectivity index (χ0n) is 12.6. The molecule has 1 aromatic carbocycles. The number of aryl methyl sites for hydroxylation is 1. The van der Waals surface area contributed by atoms with E-state index in [1.807, 2.05) is 0 Å². The maximum Gasteiger partial charge on any atom is 0.0325 e. The van der Waals surface area contributed by atoms with Crippen LogP contribution in [0.2, 0.25) is 0 Å². The molecule has 0 spiro atoms. The van der Waals surface area contributed by atoms with E-state index in [2.05, 4.69) is 43.4 Å². The standard InChI is InChI=1S/C18H29N/c1-3-13-19-18(14-16-10-5-4-6-11-16)17-12-8-7-9-15(17)2/h7-9,12,16,18-19H,3-6,10-11,13-14H2,1-2H3. The SMILES string of the molecule is CCCNC(CC1CCCCC1)c1ccccc1C. The number of benzene rings is 1. The van der Waals surface area contributed by atoms with Crippen LogP contribution in [0.15, 0.2) is 24.3 Å². The molecule has 1 nitrogen and oxygen atoms in total. The average Bonchev–Trinajstić information content (AvgIpc) is 2.45. The number of hydrogen-bond donors (Lipinski definition) is 1. The van der Waals surface area contributed by atoms with Gasteiger partial charge in [0.2, 0.25) is 0 Å². The molecule has 0 heterocycles. The van der Waals surface area contributed by atoms with Crippen molar-refractivity contribution in [1.82, 2.24) is 5.32 Å². The largest absolute Gasteiger partial charge is 0.310 e. The van der Waals surface area contributed by atoms with E-state index in [1.54, 1.807) is 0 Å². The van der Waals surface area contributed by atoms with E-state index in [0.717, 1.165) is 12.5 Å². The van der Waals surface area contributed by atoms with Gasteiger partial charge in [0.1, 0.15) is 0 Å². The summed E-state index contributed by atoms with van der Waals surface area (Å²) in [4.78, 5) is 0. The van der Waals surface area contributed by atoms with Crippen molar-refractivity contribution in [3.63, 3.8) is 0 Å². The molecule has 0 bridgehead atoms. The molecule has 1 saturated carbocycles. The van der Waals surface area contributed by atoms with Gasteiger partial charge in [-0.2, -0.15) is 0 Å². The summed E-state index contributed by atoms with van der Waals surface area (Å²) in [5, 5.41) is 3.77. The summed E-state index contributed by atoms with van der Waals surface area (Å²) >= 11 is 0. The van der Waals surface area contributed by atoms with Crippen LogP contribution in [0.4, 0.5) is 0 Å². The van der Waals surface area contributed by atoms with E-state index in [1.165, 1.54) is 56.1 Å². The molecule has 1 atom stereocenters. The molecule has 1 aromatic rings.